The van der Waals surface area contributed by atoms with E-state index in [0.717, 1.165) is 30.0 Å². The van der Waals surface area contributed by atoms with Gasteiger partial charge in [0.05, 0.1) is 19.5 Å². The van der Waals surface area contributed by atoms with Gasteiger partial charge in [-0.25, -0.2) is 8.78 Å². The maximum Gasteiger partial charge on any atom is 0.237 e. The molecule has 128 valence electrons. The van der Waals surface area contributed by atoms with E-state index in [-0.39, 0.29) is 10.8 Å². The van der Waals surface area contributed by atoms with Crippen molar-refractivity contribution in [2.45, 2.75) is 17.1 Å². The largest absolute Gasteiger partial charge is 0.493 e. The molecule has 24 heavy (non-hydrogen) atoms. The number of ether oxygens (including phenoxy) is 2. The normalized spacial score (nSPS) is 11.7. The molecule has 1 N–H and O–H groups in total. The molecule has 0 aliphatic heterocycles. The van der Waals surface area contributed by atoms with Crippen LogP contribution in [-0.2, 0) is 4.79 Å². The zero-order valence-electron chi connectivity index (χ0n) is 13.4. The predicted molar refractivity (Wildman–Crippen MR) is 89.9 cm³/mol. The highest BCUT2D eigenvalue weighted by Gasteiger charge is 2.18. The number of carbonyl (C=O) groups is 1. The van der Waals surface area contributed by atoms with Gasteiger partial charge in [0, 0.05) is 16.6 Å². The van der Waals surface area contributed by atoms with Crippen molar-refractivity contribution in [3.05, 3.63) is 48.0 Å². The van der Waals surface area contributed by atoms with Crippen LogP contribution in [0.4, 0.5) is 14.5 Å². The summed E-state index contributed by atoms with van der Waals surface area (Å²) in [6.45, 7) is 1.62. The monoisotopic (exact) mass is 353 g/mol. The number of halogens is 2. The highest BCUT2D eigenvalue weighted by Crippen LogP contribution is 2.31. The Hall–Kier alpha value is -2.28. The SMILES string of the molecule is COc1ccc(NC(=O)[C@@H](C)Sc2cc(F)ccc2F)cc1OC. The Balaban J connectivity index is 2.07. The molecule has 0 fully saturated rings. The summed E-state index contributed by atoms with van der Waals surface area (Å²) in [6, 6.07) is 8.10. The highest BCUT2D eigenvalue weighted by molar-refractivity contribution is 8.00. The Kier molecular flexibility index (Phi) is 6.03. The third kappa shape index (κ3) is 4.38. The number of thioether (sulfide) groups is 1. The first kappa shape index (κ1) is 18.1. The molecule has 2 aromatic rings. The first-order valence-electron chi connectivity index (χ1n) is 7.09. The topological polar surface area (TPSA) is 47.6 Å². The Morgan fingerprint density at radius 3 is 2.46 bits per heavy atom. The van der Waals surface area contributed by atoms with E-state index in [1.54, 1.807) is 25.1 Å². The van der Waals surface area contributed by atoms with Crippen LogP contribution in [0.25, 0.3) is 0 Å². The van der Waals surface area contributed by atoms with Crippen molar-refractivity contribution in [1.29, 1.82) is 0 Å². The fourth-order valence-corrected chi connectivity index (χ4v) is 2.88. The zero-order chi connectivity index (χ0) is 17.7. The molecule has 4 nitrogen and oxygen atoms in total. The Bertz CT molecular complexity index is 740. The van der Waals surface area contributed by atoms with E-state index in [4.69, 9.17) is 9.47 Å². The average molecular weight is 353 g/mol. The van der Waals surface area contributed by atoms with Gasteiger partial charge in [0.15, 0.2) is 11.5 Å². The van der Waals surface area contributed by atoms with Gasteiger partial charge in [-0.15, -0.1) is 11.8 Å². The van der Waals surface area contributed by atoms with Crippen LogP contribution in [0.3, 0.4) is 0 Å². The summed E-state index contributed by atoms with van der Waals surface area (Å²) in [6.07, 6.45) is 0. The molecular weight excluding hydrogens is 336 g/mol. The minimum absolute atomic E-state index is 0.0879. The molecule has 2 aromatic carbocycles. The van der Waals surface area contributed by atoms with Gasteiger partial charge in [-0.2, -0.15) is 0 Å². The molecule has 7 heteroatoms. The summed E-state index contributed by atoms with van der Waals surface area (Å²) in [7, 11) is 3.01. The van der Waals surface area contributed by atoms with Crippen LogP contribution in [0.15, 0.2) is 41.3 Å². The summed E-state index contributed by atoms with van der Waals surface area (Å²) in [5.41, 5.74) is 0.518. The third-order valence-corrected chi connectivity index (χ3v) is 4.35. The molecule has 1 atom stereocenters. The van der Waals surface area contributed by atoms with E-state index >= 15 is 0 Å². The lowest BCUT2D eigenvalue weighted by Gasteiger charge is -2.14. The molecule has 0 aliphatic carbocycles. The molecule has 0 unspecified atom stereocenters. The van der Waals surface area contributed by atoms with E-state index in [9.17, 15) is 13.6 Å². The lowest BCUT2D eigenvalue weighted by atomic mass is 10.2. The summed E-state index contributed by atoms with van der Waals surface area (Å²) in [5, 5.41) is 2.09. The van der Waals surface area contributed by atoms with Gasteiger partial charge in [-0.3, -0.25) is 4.79 Å². The second kappa shape index (κ2) is 8.01. The van der Waals surface area contributed by atoms with Crippen molar-refractivity contribution in [3.63, 3.8) is 0 Å². The van der Waals surface area contributed by atoms with E-state index in [1.807, 2.05) is 0 Å². The third-order valence-electron chi connectivity index (χ3n) is 3.22. The number of rotatable bonds is 6. The second-order valence-corrected chi connectivity index (χ2v) is 6.28. The standard InChI is InChI=1S/C17H17F2NO3S/c1-10(24-16-8-11(18)4-6-13(16)19)17(21)20-12-5-7-14(22-2)15(9-12)23-3/h4-10H,1-3H3,(H,20,21)/t10-/m1/s1. The van der Waals surface area contributed by atoms with E-state index in [0.29, 0.717) is 17.2 Å². The van der Waals surface area contributed by atoms with Crippen LogP contribution in [0.1, 0.15) is 6.92 Å². The van der Waals surface area contributed by atoms with E-state index in [2.05, 4.69) is 5.32 Å². The van der Waals surface area contributed by atoms with Gasteiger partial charge < -0.3 is 14.8 Å². The van der Waals surface area contributed by atoms with Crippen molar-refractivity contribution in [2.75, 3.05) is 19.5 Å². The van der Waals surface area contributed by atoms with Crippen LogP contribution in [0.2, 0.25) is 0 Å². The van der Waals surface area contributed by atoms with Crippen LogP contribution in [-0.4, -0.2) is 25.4 Å². The molecule has 2 rings (SSSR count). The minimum Gasteiger partial charge on any atom is -0.493 e. The average Bonchev–Trinajstić information content (AvgIpc) is 2.57. The Morgan fingerprint density at radius 1 is 1.08 bits per heavy atom. The van der Waals surface area contributed by atoms with Crippen LogP contribution < -0.4 is 14.8 Å². The molecular formula is C17H17F2NO3S. The fraction of sp³-hybridized carbons (Fsp3) is 0.235. The van der Waals surface area contributed by atoms with E-state index < -0.39 is 16.9 Å². The zero-order valence-corrected chi connectivity index (χ0v) is 14.2. The Labute approximate surface area is 143 Å². The summed E-state index contributed by atoms with van der Waals surface area (Å²) in [4.78, 5) is 12.3. The maximum atomic E-state index is 13.7. The van der Waals surface area contributed by atoms with Crippen molar-refractivity contribution in [3.8, 4) is 11.5 Å². The van der Waals surface area contributed by atoms with Gasteiger partial charge in [-0.05, 0) is 37.3 Å². The van der Waals surface area contributed by atoms with Crippen LogP contribution in [0, 0.1) is 11.6 Å². The molecule has 0 heterocycles. The molecule has 1 amide bonds. The summed E-state index contributed by atoms with van der Waals surface area (Å²) < 4.78 is 37.1. The first-order chi connectivity index (χ1) is 11.4. The predicted octanol–water partition coefficient (Wildman–Crippen LogP) is 4.10. The molecule has 0 saturated carbocycles. The number of nitrogens with one attached hydrogen (secondary N) is 1. The summed E-state index contributed by atoms with van der Waals surface area (Å²) >= 11 is 0.946. The quantitative estimate of drug-likeness (QED) is 0.794. The van der Waals surface area contributed by atoms with Gasteiger partial charge in [-0.1, -0.05) is 0 Å². The molecule has 0 radical (unpaired) electrons. The molecule has 0 spiro atoms. The maximum absolute atomic E-state index is 13.7. The van der Waals surface area contributed by atoms with Crippen molar-refractivity contribution in [2.24, 2.45) is 0 Å². The first-order valence-corrected chi connectivity index (χ1v) is 7.97. The number of carbonyl (C=O) groups excluding carboxylic acids is 1. The molecule has 0 aromatic heterocycles. The van der Waals surface area contributed by atoms with Crippen LogP contribution >= 0.6 is 11.8 Å². The van der Waals surface area contributed by atoms with Crippen LogP contribution in [0.5, 0.6) is 11.5 Å². The molecule has 0 saturated heterocycles. The number of hydrogen-bond donors (Lipinski definition) is 1. The lowest BCUT2D eigenvalue weighted by Crippen LogP contribution is -2.22. The lowest BCUT2D eigenvalue weighted by molar-refractivity contribution is -0.115. The number of hydrogen-bond acceptors (Lipinski definition) is 4. The van der Waals surface area contributed by atoms with Crippen molar-refractivity contribution in [1.82, 2.24) is 0 Å². The molecule has 0 bridgehead atoms. The fourth-order valence-electron chi connectivity index (χ4n) is 1.97. The van der Waals surface area contributed by atoms with Gasteiger partial charge in [0.1, 0.15) is 11.6 Å². The molecule has 0 aliphatic rings. The summed E-state index contributed by atoms with van der Waals surface area (Å²) in [5.74, 6) is -0.430. The number of methoxy groups -OCH3 is 2. The smallest absolute Gasteiger partial charge is 0.237 e. The van der Waals surface area contributed by atoms with Gasteiger partial charge in [0.2, 0.25) is 5.91 Å². The second-order valence-electron chi connectivity index (χ2n) is 4.89. The Morgan fingerprint density at radius 2 is 1.79 bits per heavy atom. The van der Waals surface area contributed by atoms with Crippen molar-refractivity contribution >= 4 is 23.4 Å². The number of anilines is 1. The van der Waals surface area contributed by atoms with Gasteiger partial charge >= 0.3 is 0 Å². The minimum atomic E-state index is -0.616. The van der Waals surface area contributed by atoms with Crippen molar-refractivity contribution < 1.29 is 23.0 Å². The van der Waals surface area contributed by atoms with Gasteiger partial charge in [0.25, 0.3) is 0 Å². The number of amides is 1. The number of benzene rings is 2. The highest BCUT2D eigenvalue weighted by atomic mass is 32.2. The van der Waals surface area contributed by atoms with E-state index in [1.165, 1.54) is 14.2 Å².